The molecule has 0 amide bonds. The van der Waals surface area contributed by atoms with E-state index < -0.39 is 0 Å². The molecule has 1 heterocycles. The molecule has 0 spiro atoms. The molecule has 1 aliphatic rings. The maximum atomic E-state index is 5.33. The van der Waals surface area contributed by atoms with Crippen molar-refractivity contribution in [2.75, 3.05) is 40.9 Å². The van der Waals surface area contributed by atoms with Crippen LogP contribution in [0, 0.1) is 0 Å². The van der Waals surface area contributed by atoms with Crippen molar-refractivity contribution in [2.24, 2.45) is 0 Å². The van der Waals surface area contributed by atoms with Gasteiger partial charge in [-0.25, -0.2) is 0 Å². The first kappa shape index (κ1) is 14.2. The van der Waals surface area contributed by atoms with E-state index in [-0.39, 0.29) is 0 Å². The molecule has 1 aromatic carbocycles. The second kappa shape index (κ2) is 6.78. The third kappa shape index (κ3) is 3.61. The predicted molar refractivity (Wildman–Crippen MR) is 77.2 cm³/mol. The molecule has 106 valence electrons. The highest BCUT2D eigenvalue weighted by atomic mass is 16.5. The van der Waals surface area contributed by atoms with Crippen molar-refractivity contribution in [3.8, 4) is 11.5 Å². The quantitative estimate of drug-likeness (QED) is 0.845. The first-order chi connectivity index (χ1) is 9.26. The maximum Gasteiger partial charge on any atom is 0.160 e. The van der Waals surface area contributed by atoms with Crippen molar-refractivity contribution in [1.82, 2.24) is 10.2 Å². The van der Waals surface area contributed by atoms with Crippen LogP contribution in [0.5, 0.6) is 11.5 Å². The minimum Gasteiger partial charge on any atom is -0.493 e. The topological polar surface area (TPSA) is 33.7 Å². The fraction of sp³-hybridized carbons (Fsp3) is 0.600. The summed E-state index contributed by atoms with van der Waals surface area (Å²) in [6.45, 7) is 3.45. The molecule has 4 heteroatoms. The molecule has 2 rings (SSSR count). The van der Waals surface area contributed by atoms with Crippen LogP contribution in [-0.4, -0.2) is 51.8 Å². The molecule has 0 aromatic heterocycles. The van der Waals surface area contributed by atoms with E-state index in [1.54, 1.807) is 14.2 Å². The van der Waals surface area contributed by atoms with Gasteiger partial charge in [-0.3, -0.25) is 0 Å². The van der Waals surface area contributed by atoms with Gasteiger partial charge in [-0.05, 0) is 44.1 Å². The number of nitrogens with one attached hydrogen (secondary N) is 1. The third-order valence-electron chi connectivity index (χ3n) is 3.85. The monoisotopic (exact) mass is 264 g/mol. The van der Waals surface area contributed by atoms with Gasteiger partial charge in [0.1, 0.15) is 0 Å². The highest BCUT2D eigenvalue weighted by Gasteiger charge is 2.20. The number of methoxy groups -OCH3 is 2. The summed E-state index contributed by atoms with van der Waals surface area (Å²) in [4.78, 5) is 2.51. The summed E-state index contributed by atoms with van der Waals surface area (Å²) in [5.41, 5.74) is 1.30. The van der Waals surface area contributed by atoms with Crippen LogP contribution in [-0.2, 0) is 6.42 Å². The third-order valence-corrected chi connectivity index (χ3v) is 3.85. The van der Waals surface area contributed by atoms with Gasteiger partial charge in [0.2, 0.25) is 0 Å². The Morgan fingerprint density at radius 3 is 2.68 bits per heavy atom. The minimum absolute atomic E-state index is 0.658. The van der Waals surface area contributed by atoms with Crippen molar-refractivity contribution >= 4 is 0 Å². The molecule has 1 N–H and O–H groups in total. The zero-order valence-electron chi connectivity index (χ0n) is 12.1. The van der Waals surface area contributed by atoms with Crippen LogP contribution in [0.15, 0.2) is 18.2 Å². The van der Waals surface area contributed by atoms with E-state index in [2.05, 4.69) is 22.3 Å². The lowest BCUT2D eigenvalue weighted by atomic mass is 10.1. The zero-order valence-corrected chi connectivity index (χ0v) is 12.1. The van der Waals surface area contributed by atoms with E-state index in [0.717, 1.165) is 31.0 Å². The van der Waals surface area contributed by atoms with Gasteiger partial charge in [-0.15, -0.1) is 0 Å². The van der Waals surface area contributed by atoms with Gasteiger partial charge in [0.15, 0.2) is 11.5 Å². The zero-order chi connectivity index (χ0) is 13.7. The SMILES string of the molecule is CNC1CCN(CCc2ccc(OC)c(OC)c2)C1. The van der Waals surface area contributed by atoms with Gasteiger partial charge in [0.05, 0.1) is 14.2 Å². The first-order valence-corrected chi connectivity index (χ1v) is 6.87. The van der Waals surface area contributed by atoms with E-state index in [1.165, 1.54) is 18.5 Å². The standard InChI is InChI=1S/C15H24N2O2/c1-16-13-7-9-17(11-13)8-6-12-4-5-14(18-2)15(10-12)19-3/h4-5,10,13,16H,6-9,11H2,1-3H3. The molecular weight excluding hydrogens is 240 g/mol. The van der Waals surface area contributed by atoms with Crippen molar-refractivity contribution in [3.63, 3.8) is 0 Å². The van der Waals surface area contributed by atoms with E-state index in [9.17, 15) is 0 Å². The predicted octanol–water partition coefficient (Wildman–Crippen LogP) is 1.54. The van der Waals surface area contributed by atoms with E-state index >= 15 is 0 Å². The Hall–Kier alpha value is -1.26. The molecule has 1 atom stereocenters. The number of hydrogen-bond donors (Lipinski definition) is 1. The van der Waals surface area contributed by atoms with Crippen LogP contribution in [0.25, 0.3) is 0 Å². The number of nitrogens with zero attached hydrogens (tertiary/aromatic N) is 1. The molecule has 0 radical (unpaired) electrons. The normalized spacial score (nSPS) is 19.6. The maximum absolute atomic E-state index is 5.33. The lowest BCUT2D eigenvalue weighted by Crippen LogP contribution is -2.30. The van der Waals surface area contributed by atoms with Gasteiger partial charge in [-0.2, -0.15) is 0 Å². The van der Waals surface area contributed by atoms with E-state index in [0.29, 0.717) is 6.04 Å². The van der Waals surface area contributed by atoms with Gasteiger partial charge in [0, 0.05) is 19.1 Å². The average Bonchev–Trinajstić information content (AvgIpc) is 2.92. The van der Waals surface area contributed by atoms with Gasteiger partial charge >= 0.3 is 0 Å². The molecule has 0 saturated carbocycles. The Labute approximate surface area is 115 Å². The Bertz CT molecular complexity index is 409. The lowest BCUT2D eigenvalue weighted by Gasteiger charge is -2.16. The van der Waals surface area contributed by atoms with Gasteiger partial charge in [0.25, 0.3) is 0 Å². The summed E-state index contributed by atoms with van der Waals surface area (Å²) >= 11 is 0. The van der Waals surface area contributed by atoms with Gasteiger partial charge in [-0.1, -0.05) is 6.07 Å². The van der Waals surface area contributed by atoms with Gasteiger partial charge < -0.3 is 19.7 Å². The number of likely N-dealkylation sites (tertiary alicyclic amines) is 1. The highest BCUT2D eigenvalue weighted by molar-refractivity contribution is 5.42. The summed E-state index contributed by atoms with van der Waals surface area (Å²) in [6, 6.07) is 6.83. The smallest absolute Gasteiger partial charge is 0.160 e. The summed E-state index contributed by atoms with van der Waals surface area (Å²) in [7, 11) is 5.39. The van der Waals surface area contributed by atoms with Crippen molar-refractivity contribution in [1.29, 1.82) is 0 Å². The molecule has 1 aromatic rings. The van der Waals surface area contributed by atoms with Crippen LogP contribution in [0.3, 0.4) is 0 Å². The minimum atomic E-state index is 0.658. The Kier molecular flexibility index (Phi) is 5.05. The van der Waals surface area contributed by atoms with E-state index in [1.807, 2.05) is 13.1 Å². The second-order valence-corrected chi connectivity index (χ2v) is 5.01. The molecule has 0 bridgehead atoms. The molecule has 4 nitrogen and oxygen atoms in total. The molecule has 1 unspecified atom stereocenters. The lowest BCUT2D eigenvalue weighted by molar-refractivity contribution is 0.333. The van der Waals surface area contributed by atoms with Crippen LogP contribution < -0.4 is 14.8 Å². The van der Waals surface area contributed by atoms with Crippen LogP contribution in [0.4, 0.5) is 0 Å². The Balaban J connectivity index is 1.89. The summed E-state index contributed by atoms with van der Waals surface area (Å²) in [6.07, 6.45) is 2.30. The molecular formula is C15H24N2O2. The van der Waals surface area contributed by atoms with Crippen LogP contribution >= 0.6 is 0 Å². The largest absolute Gasteiger partial charge is 0.493 e. The highest BCUT2D eigenvalue weighted by Crippen LogP contribution is 2.27. The molecule has 1 fully saturated rings. The molecule has 1 saturated heterocycles. The van der Waals surface area contributed by atoms with Crippen LogP contribution in [0.2, 0.25) is 0 Å². The molecule has 0 aliphatic carbocycles. The molecule has 1 aliphatic heterocycles. The number of benzene rings is 1. The Morgan fingerprint density at radius 2 is 2.05 bits per heavy atom. The summed E-state index contributed by atoms with van der Waals surface area (Å²) in [5.74, 6) is 1.61. The summed E-state index contributed by atoms with van der Waals surface area (Å²) < 4.78 is 10.6. The van der Waals surface area contributed by atoms with Crippen molar-refractivity contribution in [2.45, 2.75) is 18.9 Å². The summed E-state index contributed by atoms with van der Waals surface area (Å²) in [5, 5.41) is 3.35. The number of likely N-dealkylation sites (N-methyl/N-ethyl adjacent to an activating group) is 1. The Morgan fingerprint density at radius 1 is 1.26 bits per heavy atom. The fourth-order valence-corrected chi connectivity index (χ4v) is 2.59. The van der Waals surface area contributed by atoms with Crippen molar-refractivity contribution < 1.29 is 9.47 Å². The van der Waals surface area contributed by atoms with Crippen LogP contribution in [0.1, 0.15) is 12.0 Å². The number of rotatable bonds is 6. The van der Waals surface area contributed by atoms with E-state index in [4.69, 9.17) is 9.47 Å². The second-order valence-electron chi connectivity index (χ2n) is 5.01. The fourth-order valence-electron chi connectivity index (χ4n) is 2.59. The number of ether oxygens (including phenoxy) is 2. The molecule has 19 heavy (non-hydrogen) atoms. The van der Waals surface area contributed by atoms with Crippen molar-refractivity contribution in [3.05, 3.63) is 23.8 Å². The average molecular weight is 264 g/mol. The number of hydrogen-bond acceptors (Lipinski definition) is 4. The first-order valence-electron chi connectivity index (χ1n) is 6.87.